The zero-order chi connectivity index (χ0) is 19.8. The second kappa shape index (κ2) is 9.68. The van der Waals surface area contributed by atoms with Gasteiger partial charge in [0.1, 0.15) is 5.75 Å². The van der Waals surface area contributed by atoms with Crippen LogP contribution in [0, 0.1) is 16.0 Å². The van der Waals surface area contributed by atoms with Gasteiger partial charge in [-0.2, -0.15) is 0 Å². The van der Waals surface area contributed by atoms with Crippen LogP contribution in [0.5, 0.6) is 11.5 Å². The van der Waals surface area contributed by atoms with E-state index in [2.05, 4.69) is 10.3 Å². The first-order chi connectivity index (χ1) is 13.6. The first kappa shape index (κ1) is 19.6. The summed E-state index contributed by atoms with van der Waals surface area (Å²) in [5, 5.41) is 13.3. The van der Waals surface area contributed by atoms with Crippen LogP contribution >= 0.6 is 0 Å². The molecule has 0 saturated heterocycles. The van der Waals surface area contributed by atoms with Gasteiger partial charge in [0.15, 0.2) is 18.2 Å². The van der Waals surface area contributed by atoms with E-state index in [4.69, 9.17) is 9.47 Å². The molecule has 0 spiro atoms. The first-order valence-electron chi connectivity index (χ1n) is 9.37. The molecule has 1 fully saturated rings. The van der Waals surface area contributed by atoms with Crippen molar-refractivity contribution >= 4 is 17.4 Å². The molecule has 0 aliphatic heterocycles. The smallest absolute Gasteiger partial charge is 0.269 e. The van der Waals surface area contributed by atoms with Crippen LogP contribution in [0.2, 0.25) is 0 Å². The van der Waals surface area contributed by atoms with Crippen LogP contribution in [-0.2, 0) is 4.79 Å². The van der Waals surface area contributed by atoms with Gasteiger partial charge in [0.25, 0.3) is 11.6 Å². The first-order valence-corrected chi connectivity index (χ1v) is 9.37. The molecule has 3 rings (SSSR count). The topological polar surface area (TPSA) is 104 Å². The summed E-state index contributed by atoms with van der Waals surface area (Å²) in [4.78, 5) is 26.5. The van der Waals surface area contributed by atoms with E-state index in [9.17, 15) is 14.9 Å². The summed E-state index contributed by atoms with van der Waals surface area (Å²) in [5.74, 6) is 1.42. The van der Waals surface area contributed by atoms with Crippen LogP contribution in [0.4, 0.5) is 11.5 Å². The van der Waals surface area contributed by atoms with Gasteiger partial charge in [0.05, 0.1) is 11.5 Å². The Morgan fingerprint density at radius 1 is 1.14 bits per heavy atom. The molecule has 0 atom stereocenters. The van der Waals surface area contributed by atoms with Crippen LogP contribution in [0.1, 0.15) is 32.1 Å². The number of nitrogens with one attached hydrogen (secondary N) is 1. The average molecular weight is 385 g/mol. The molecule has 8 nitrogen and oxygen atoms in total. The molecule has 1 aromatic heterocycles. The molecular weight excluding hydrogens is 362 g/mol. The second-order valence-electron chi connectivity index (χ2n) is 6.75. The maximum atomic E-state index is 12.2. The number of benzene rings is 1. The van der Waals surface area contributed by atoms with Crippen molar-refractivity contribution in [1.29, 1.82) is 0 Å². The Bertz CT molecular complexity index is 804. The van der Waals surface area contributed by atoms with Crippen LogP contribution in [0.15, 0.2) is 42.6 Å². The summed E-state index contributed by atoms with van der Waals surface area (Å²) >= 11 is 0. The third-order valence-corrected chi connectivity index (χ3v) is 4.65. The van der Waals surface area contributed by atoms with E-state index in [0.717, 1.165) is 0 Å². The van der Waals surface area contributed by atoms with E-state index in [0.29, 0.717) is 29.8 Å². The van der Waals surface area contributed by atoms with Gasteiger partial charge in [-0.25, -0.2) is 4.98 Å². The number of hydrogen-bond acceptors (Lipinski definition) is 6. The van der Waals surface area contributed by atoms with E-state index in [1.54, 1.807) is 18.3 Å². The number of pyridine rings is 1. The molecule has 148 valence electrons. The highest BCUT2D eigenvalue weighted by atomic mass is 16.6. The molecule has 1 saturated carbocycles. The summed E-state index contributed by atoms with van der Waals surface area (Å²) in [6.45, 7) is 0.379. The van der Waals surface area contributed by atoms with Gasteiger partial charge in [0.2, 0.25) is 0 Å². The number of aromatic nitrogens is 1. The normalized spacial score (nSPS) is 14.3. The molecule has 0 bridgehead atoms. The Labute approximate surface area is 163 Å². The quantitative estimate of drug-likeness (QED) is 0.545. The maximum absolute atomic E-state index is 12.2. The number of nitro groups is 1. The number of anilines is 1. The SMILES string of the molecule is O=C(COc1ccc([N+](=O)[O-])cc1)Nc1ncccc1OCC1CCCCC1. The lowest BCUT2D eigenvalue weighted by molar-refractivity contribution is -0.384. The average Bonchev–Trinajstić information content (AvgIpc) is 2.72. The predicted molar refractivity (Wildman–Crippen MR) is 104 cm³/mol. The second-order valence-corrected chi connectivity index (χ2v) is 6.75. The summed E-state index contributed by atoms with van der Waals surface area (Å²) in [6, 6.07) is 9.09. The molecule has 1 heterocycles. The third-order valence-electron chi connectivity index (χ3n) is 4.65. The molecular formula is C20H23N3O5. The molecule has 1 aromatic carbocycles. The molecule has 8 heteroatoms. The van der Waals surface area contributed by atoms with Gasteiger partial charge >= 0.3 is 0 Å². The van der Waals surface area contributed by atoms with Crippen molar-refractivity contribution in [3.05, 3.63) is 52.7 Å². The number of non-ortho nitro benzene ring substituents is 1. The Hall–Kier alpha value is -3.16. The van der Waals surface area contributed by atoms with Crippen LogP contribution in [0.25, 0.3) is 0 Å². The van der Waals surface area contributed by atoms with E-state index in [-0.39, 0.29) is 18.2 Å². The zero-order valence-corrected chi connectivity index (χ0v) is 15.5. The lowest BCUT2D eigenvalue weighted by Crippen LogP contribution is -2.22. The number of nitro benzene ring substituents is 1. The van der Waals surface area contributed by atoms with Crippen LogP contribution in [0.3, 0.4) is 0 Å². The zero-order valence-electron chi connectivity index (χ0n) is 15.5. The maximum Gasteiger partial charge on any atom is 0.269 e. The molecule has 0 radical (unpaired) electrons. The fraction of sp³-hybridized carbons (Fsp3) is 0.400. The minimum atomic E-state index is -0.494. The third kappa shape index (κ3) is 5.67. The van der Waals surface area contributed by atoms with E-state index < -0.39 is 4.92 Å². The number of carbonyl (C=O) groups excluding carboxylic acids is 1. The van der Waals surface area contributed by atoms with Gasteiger partial charge < -0.3 is 14.8 Å². The number of ether oxygens (including phenoxy) is 2. The van der Waals surface area contributed by atoms with Crippen molar-refractivity contribution in [3.63, 3.8) is 0 Å². The van der Waals surface area contributed by atoms with Gasteiger partial charge in [-0.05, 0) is 43.0 Å². The van der Waals surface area contributed by atoms with Crippen molar-refractivity contribution in [2.45, 2.75) is 32.1 Å². The molecule has 2 aromatic rings. The minimum Gasteiger partial charge on any atom is -0.489 e. The predicted octanol–water partition coefficient (Wildman–Crippen LogP) is 3.97. The molecule has 1 amide bonds. The monoisotopic (exact) mass is 385 g/mol. The number of hydrogen-bond donors (Lipinski definition) is 1. The molecule has 1 aliphatic carbocycles. The van der Waals surface area contributed by atoms with E-state index in [1.807, 2.05) is 0 Å². The highest BCUT2D eigenvalue weighted by molar-refractivity contribution is 5.92. The van der Waals surface area contributed by atoms with Crippen LogP contribution < -0.4 is 14.8 Å². The van der Waals surface area contributed by atoms with Crippen molar-refractivity contribution < 1.29 is 19.2 Å². The molecule has 28 heavy (non-hydrogen) atoms. The summed E-state index contributed by atoms with van der Waals surface area (Å²) in [5.41, 5.74) is -0.0370. The Morgan fingerprint density at radius 2 is 1.89 bits per heavy atom. The standard InChI is InChI=1S/C20H23N3O5/c24-19(14-27-17-10-8-16(9-11-17)23(25)26)22-20-18(7-4-12-21-20)28-13-15-5-2-1-3-6-15/h4,7-12,15H,1-3,5-6,13-14H2,(H,21,22,24). The van der Waals surface area contributed by atoms with Crippen LogP contribution in [-0.4, -0.2) is 29.0 Å². The largest absolute Gasteiger partial charge is 0.489 e. The van der Waals surface area contributed by atoms with Gasteiger partial charge in [-0.1, -0.05) is 19.3 Å². The summed E-state index contributed by atoms with van der Waals surface area (Å²) < 4.78 is 11.3. The van der Waals surface area contributed by atoms with Crippen molar-refractivity contribution in [2.75, 3.05) is 18.5 Å². The molecule has 0 unspecified atom stereocenters. The fourth-order valence-electron chi connectivity index (χ4n) is 3.14. The molecule has 1 aliphatic rings. The van der Waals surface area contributed by atoms with Gasteiger partial charge in [-0.15, -0.1) is 0 Å². The van der Waals surface area contributed by atoms with Gasteiger partial charge in [-0.3, -0.25) is 14.9 Å². The Morgan fingerprint density at radius 3 is 2.61 bits per heavy atom. The Balaban J connectivity index is 1.51. The Kier molecular flexibility index (Phi) is 6.78. The number of carbonyl (C=O) groups is 1. The highest BCUT2D eigenvalue weighted by Gasteiger charge is 2.16. The number of rotatable bonds is 8. The number of amides is 1. The lowest BCUT2D eigenvalue weighted by atomic mass is 9.90. The van der Waals surface area contributed by atoms with E-state index in [1.165, 1.54) is 56.4 Å². The van der Waals surface area contributed by atoms with Crippen molar-refractivity contribution in [2.24, 2.45) is 5.92 Å². The highest BCUT2D eigenvalue weighted by Crippen LogP contribution is 2.27. The van der Waals surface area contributed by atoms with Gasteiger partial charge in [0, 0.05) is 18.3 Å². The lowest BCUT2D eigenvalue weighted by Gasteiger charge is -2.22. The summed E-state index contributed by atoms with van der Waals surface area (Å²) in [6.07, 6.45) is 7.70. The minimum absolute atomic E-state index is 0.0370. The number of nitrogens with zero attached hydrogens (tertiary/aromatic N) is 2. The fourth-order valence-corrected chi connectivity index (χ4v) is 3.14. The van der Waals surface area contributed by atoms with Crippen molar-refractivity contribution in [1.82, 2.24) is 4.98 Å². The van der Waals surface area contributed by atoms with E-state index >= 15 is 0 Å². The molecule has 1 N–H and O–H groups in total. The van der Waals surface area contributed by atoms with Crippen molar-refractivity contribution in [3.8, 4) is 11.5 Å². The summed E-state index contributed by atoms with van der Waals surface area (Å²) in [7, 11) is 0.